The molecular weight excluding hydrogens is 186 g/mol. The summed E-state index contributed by atoms with van der Waals surface area (Å²) in [6.45, 7) is 1.93. The molecule has 1 aliphatic heterocycles. The third kappa shape index (κ3) is 2.62. The summed E-state index contributed by atoms with van der Waals surface area (Å²) in [5, 5.41) is 0. The predicted molar refractivity (Wildman–Crippen MR) is 61.0 cm³/mol. The van der Waals surface area contributed by atoms with Gasteiger partial charge in [0.2, 0.25) is 0 Å². The molecule has 0 fully saturated rings. The molecule has 78 valence electrons. The van der Waals surface area contributed by atoms with Crippen LogP contribution in [0.1, 0.15) is 12.5 Å². The van der Waals surface area contributed by atoms with Gasteiger partial charge in [0.25, 0.3) is 0 Å². The lowest BCUT2D eigenvalue weighted by Crippen LogP contribution is -2.18. The molecular formula is C13H15NO. The first-order valence-electron chi connectivity index (χ1n) is 5.10. The summed E-state index contributed by atoms with van der Waals surface area (Å²) in [6, 6.07) is 10.3. The maximum Gasteiger partial charge on any atom is 0.123 e. The van der Waals surface area contributed by atoms with Crippen LogP contribution < -0.4 is 5.73 Å². The van der Waals surface area contributed by atoms with Crippen LogP contribution in [0.5, 0.6) is 0 Å². The molecule has 1 atom stereocenters. The van der Waals surface area contributed by atoms with Gasteiger partial charge in [-0.25, -0.2) is 0 Å². The van der Waals surface area contributed by atoms with Crippen molar-refractivity contribution in [3.05, 3.63) is 59.5 Å². The van der Waals surface area contributed by atoms with Crippen molar-refractivity contribution in [3.63, 3.8) is 0 Å². The van der Waals surface area contributed by atoms with Gasteiger partial charge >= 0.3 is 0 Å². The summed E-state index contributed by atoms with van der Waals surface area (Å²) in [7, 11) is 0. The lowest BCUT2D eigenvalue weighted by atomic mass is 10.1. The Bertz CT molecular complexity index is 392. The van der Waals surface area contributed by atoms with E-state index in [4.69, 9.17) is 10.5 Å². The van der Waals surface area contributed by atoms with E-state index in [1.165, 1.54) is 5.56 Å². The van der Waals surface area contributed by atoms with Crippen LogP contribution in [0, 0.1) is 0 Å². The Balaban J connectivity index is 2.06. The zero-order valence-corrected chi connectivity index (χ0v) is 8.81. The van der Waals surface area contributed by atoms with Crippen molar-refractivity contribution < 1.29 is 4.74 Å². The molecule has 1 unspecified atom stereocenters. The standard InChI is InChI=1S/C13H15NO/c1-10-7-12(14)9-13(15-10)8-11-5-3-2-4-6-11/h2-7,9,13H,8,14H2,1H3. The molecule has 0 spiro atoms. The van der Waals surface area contributed by atoms with Gasteiger partial charge in [-0.3, -0.25) is 0 Å². The van der Waals surface area contributed by atoms with Crippen molar-refractivity contribution >= 4 is 0 Å². The van der Waals surface area contributed by atoms with Crippen LogP contribution in [0.15, 0.2) is 53.9 Å². The third-order valence-corrected chi connectivity index (χ3v) is 2.37. The Morgan fingerprint density at radius 2 is 2.00 bits per heavy atom. The molecule has 0 amide bonds. The zero-order valence-electron chi connectivity index (χ0n) is 8.81. The average molecular weight is 201 g/mol. The topological polar surface area (TPSA) is 35.2 Å². The number of hydrogen-bond acceptors (Lipinski definition) is 2. The maximum atomic E-state index is 5.77. The first-order valence-corrected chi connectivity index (χ1v) is 5.10. The first kappa shape index (κ1) is 9.84. The molecule has 1 aromatic carbocycles. The summed E-state index contributed by atoms with van der Waals surface area (Å²) in [5.41, 5.74) is 7.83. The fraction of sp³-hybridized carbons (Fsp3) is 0.231. The minimum absolute atomic E-state index is 0.0670. The van der Waals surface area contributed by atoms with Crippen LogP contribution in [0.25, 0.3) is 0 Å². The van der Waals surface area contributed by atoms with E-state index in [1.807, 2.05) is 37.3 Å². The van der Waals surface area contributed by atoms with E-state index in [-0.39, 0.29) is 6.10 Å². The average Bonchev–Trinajstić information content (AvgIpc) is 2.17. The van der Waals surface area contributed by atoms with Gasteiger partial charge in [-0.1, -0.05) is 30.3 Å². The van der Waals surface area contributed by atoms with Gasteiger partial charge in [0.15, 0.2) is 0 Å². The molecule has 0 radical (unpaired) electrons. The maximum absolute atomic E-state index is 5.77. The third-order valence-electron chi connectivity index (χ3n) is 2.37. The largest absolute Gasteiger partial charge is 0.490 e. The Morgan fingerprint density at radius 1 is 1.27 bits per heavy atom. The molecule has 1 aliphatic rings. The van der Waals surface area contributed by atoms with E-state index in [0.717, 1.165) is 17.9 Å². The summed E-state index contributed by atoms with van der Waals surface area (Å²) in [6.07, 6.45) is 4.74. The predicted octanol–water partition coefficient (Wildman–Crippen LogP) is 2.37. The lowest BCUT2D eigenvalue weighted by Gasteiger charge is -2.20. The highest BCUT2D eigenvalue weighted by Gasteiger charge is 2.12. The molecule has 0 saturated heterocycles. The number of rotatable bonds is 2. The molecule has 15 heavy (non-hydrogen) atoms. The van der Waals surface area contributed by atoms with E-state index in [1.54, 1.807) is 0 Å². The molecule has 2 rings (SSSR count). The first-order chi connectivity index (χ1) is 7.24. The summed E-state index contributed by atoms with van der Waals surface area (Å²) in [5.74, 6) is 0.885. The Kier molecular flexibility index (Phi) is 2.77. The molecule has 1 heterocycles. The molecule has 2 heteroatoms. The second-order valence-corrected chi connectivity index (χ2v) is 3.77. The van der Waals surface area contributed by atoms with Crippen molar-refractivity contribution in [2.45, 2.75) is 19.4 Å². The van der Waals surface area contributed by atoms with Crippen LogP contribution in [0.4, 0.5) is 0 Å². The molecule has 0 aromatic heterocycles. The van der Waals surface area contributed by atoms with Gasteiger partial charge in [-0.2, -0.15) is 0 Å². The number of nitrogens with two attached hydrogens (primary N) is 1. The van der Waals surface area contributed by atoms with Gasteiger partial charge in [-0.15, -0.1) is 0 Å². The molecule has 1 aromatic rings. The van der Waals surface area contributed by atoms with Crippen molar-refractivity contribution in [3.8, 4) is 0 Å². The second-order valence-electron chi connectivity index (χ2n) is 3.77. The van der Waals surface area contributed by atoms with Crippen molar-refractivity contribution in [2.24, 2.45) is 5.73 Å². The smallest absolute Gasteiger partial charge is 0.123 e. The monoisotopic (exact) mass is 201 g/mol. The fourth-order valence-corrected chi connectivity index (χ4v) is 1.75. The highest BCUT2D eigenvalue weighted by Crippen LogP contribution is 2.16. The highest BCUT2D eigenvalue weighted by atomic mass is 16.5. The normalized spacial score (nSPS) is 20.2. The summed E-state index contributed by atoms with van der Waals surface area (Å²) < 4.78 is 5.67. The summed E-state index contributed by atoms with van der Waals surface area (Å²) >= 11 is 0. The van der Waals surface area contributed by atoms with Gasteiger partial charge in [0.05, 0.1) is 5.76 Å². The van der Waals surface area contributed by atoms with Crippen LogP contribution >= 0.6 is 0 Å². The van der Waals surface area contributed by atoms with Gasteiger partial charge in [0.1, 0.15) is 6.10 Å². The van der Waals surface area contributed by atoms with Crippen LogP contribution in [0.2, 0.25) is 0 Å². The molecule has 0 aliphatic carbocycles. The van der Waals surface area contributed by atoms with Gasteiger partial charge in [-0.05, 0) is 24.6 Å². The van der Waals surface area contributed by atoms with Gasteiger partial charge in [0, 0.05) is 12.1 Å². The Morgan fingerprint density at radius 3 is 2.67 bits per heavy atom. The minimum Gasteiger partial charge on any atom is -0.490 e. The minimum atomic E-state index is 0.0670. The quantitative estimate of drug-likeness (QED) is 0.797. The SMILES string of the molecule is CC1=CC(N)=CC(Cc2ccccc2)O1. The number of benzene rings is 1. The Hall–Kier alpha value is -1.70. The highest BCUT2D eigenvalue weighted by molar-refractivity contribution is 5.25. The van der Waals surface area contributed by atoms with Crippen molar-refractivity contribution in [1.29, 1.82) is 0 Å². The lowest BCUT2D eigenvalue weighted by molar-refractivity contribution is 0.151. The number of ether oxygens (including phenoxy) is 1. The fourth-order valence-electron chi connectivity index (χ4n) is 1.75. The molecule has 0 bridgehead atoms. The van der Waals surface area contributed by atoms with E-state index in [2.05, 4.69) is 12.1 Å². The van der Waals surface area contributed by atoms with E-state index in [9.17, 15) is 0 Å². The van der Waals surface area contributed by atoms with Crippen LogP contribution in [-0.4, -0.2) is 6.10 Å². The van der Waals surface area contributed by atoms with Crippen molar-refractivity contribution in [1.82, 2.24) is 0 Å². The van der Waals surface area contributed by atoms with E-state index in [0.29, 0.717) is 0 Å². The van der Waals surface area contributed by atoms with E-state index >= 15 is 0 Å². The zero-order chi connectivity index (χ0) is 10.7. The molecule has 2 nitrogen and oxygen atoms in total. The van der Waals surface area contributed by atoms with Crippen molar-refractivity contribution in [2.75, 3.05) is 0 Å². The number of hydrogen-bond donors (Lipinski definition) is 1. The molecule has 2 N–H and O–H groups in total. The molecule has 0 saturated carbocycles. The second kappa shape index (κ2) is 4.22. The number of allylic oxidation sites excluding steroid dienone is 2. The summed E-state index contributed by atoms with van der Waals surface area (Å²) in [4.78, 5) is 0. The Labute approximate surface area is 90.1 Å². The van der Waals surface area contributed by atoms with Gasteiger partial charge < -0.3 is 10.5 Å². The van der Waals surface area contributed by atoms with E-state index < -0.39 is 0 Å². The van der Waals surface area contributed by atoms with Crippen LogP contribution in [-0.2, 0) is 11.2 Å². The van der Waals surface area contributed by atoms with Crippen LogP contribution in [0.3, 0.4) is 0 Å².